The van der Waals surface area contributed by atoms with Gasteiger partial charge < -0.3 is 14.5 Å². The Bertz CT molecular complexity index is 1070. The van der Waals surface area contributed by atoms with Crippen molar-refractivity contribution in [1.29, 1.82) is 0 Å². The van der Waals surface area contributed by atoms with Gasteiger partial charge in [0.2, 0.25) is 5.91 Å². The van der Waals surface area contributed by atoms with Crippen molar-refractivity contribution < 1.29 is 9.53 Å². The Morgan fingerprint density at radius 3 is 2.05 bits per heavy atom. The minimum atomic E-state index is 0.0932. The predicted octanol–water partition coefficient (Wildman–Crippen LogP) is 10.7. The zero-order valence-electron chi connectivity index (χ0n) is 25.6. The number of amides is 1. The van der Waals surface area contributed by atoms with E-state index in [2.05, 4.69) is 49.2 Å². The molecule has 1 amide bonds. The fraction of sp³-hybridized carbons (Fsp3) is 0.571. The largest absolute Gasteiger partial charge is 0.492 e. The molecule has 3 rings (SSSR count). The number of nitrogens with zero attached hydrogens (tertiary/aromatic N) is 2. The molecule has 0 fully saturated rings. The van der Waals surface area contributed by atoms with Gasteiger partial charge >= 0.3 is 0 Å². The van der Waals surface area contributed by atoms with Gasteiger partial charge in [-0.05, 0) is 53.6 Å². The summed E-state index contributed by atoms with van der Waals surface area (Å²) < 4.78 is 5.99. The summed E-state index contributed by atoms with van der Waals surface area (Å²) in [6, 6.07) is 14.2. The first-order valence-corrected chi connectivity index (χ1v) is 17.2. The average Bonchev–Trinajstić information content (AvgIpc) is 3.39. The minimum Gasteiger partial charge on any atom is -0.492 e. The summed E-state index contributed by atoms with van der Waals surface area (Å²) in [5.74, 6) is 1.81. The van der Waals surface area contributed by atoms with Crippen molar-refractivity contribution in [3.05, 3.63) is 69.7 Å². The van der Waals surface area contributed by atoms with Crippen LogP contribution in [0.1, 0.15) is 115 Å². The van der Waals surface area contributed by atoms with Crippen LogP contribution in [0.2, 0.25) is 5.02 Å². The van der Waals surface area contributed by atoms with Crippen LogP contribution in [0.25, 0.3) is 0 Å². The Hall–Kier alpha value is -2.11. The van der Waals surface area contributed by atoms with Gasteiger partial charge in [0.05, 0.1) is 24.1 Å². The third kappa shape index (κ3) is 12.3. The van der Waals surface area contributed by atoms with Gasteiger partial charge in [0.15, 0.2) is 0 Å². The fourth-order valence-corrected chi connectivity index (χ4v) is 6.22. The van der Waals surface area contributed by atoms with E-state index in [1.165, 1.54) is 81.1 Å². The second kappa shape index (κ2) is 19.2. The highest BCUT2D eigenvalue weighted by atomic mass is 35.5. The standard InChI is InChI=1S/C35H51ClN2O2S/c1-4-6-7-8-9-10-11-12-13-14-15-16-23-40-34-22-19-31(24-33(34)36)27-38(35(39)5-2)32-20-17-30(18-21-32)26-37-25-29(3)41-28-37/h17-22,24-25H,4-16,23,26-28H2,1-3H3. The second-order valence-electron chi connectivity index (χ2n) is 11.3. The monoisotopic (exact) mass is 598 g/mol. The van der Waals surface area contributed by atoms with E-state index in [0.29, 0.717) is 24.6 Å². The van der Waals surface area contributed by atoms with Crippen molar-refractivity contribution >= 4 is 35.0 Å². The van der Waals surface area contributed by atoms with Crippen LogP contribution in [0.15, 0.2) is 53.6 Å². The lowest BCUT2D eigenvalue weighted by Crippen LogP contribution is -2.29. The third-order valence-electron chi connectivity index (χ3n) is 7.65. The van der Waals surface area contributed by atoms with Gasteiger partial charge in [-0.3, -0.25) is 4.79 Å². The van der Waals surface area contributed by atoms with Crippen molar-refractivity contribution in [2.75, 3.05) is 17.4 Å². The molecule has 41 heavy (non-hydrogen) atoms. The SMILES string of the molecule is CCCCCCCCCCCCCCOc1ccc(CN(C(=O)CC)c2ccc(CN3C=C(C)SC3)cc2)cc1Cl. The zero-order chi connectivity index (χ0) is 29.3. The van der Waals surface area contributed by atoms with E-state index >= 15 is 0 Å². The summed E-state index contributed by atoms with van der Waals surface area (Å²) >= 11 is 8.46. The van der Waals surface area contributed by atoms with E-state index in [-0.39, 0.29) is 5.91 Å². The van der Waals surface area contributed by atoms with Gasteiger partial charge in [0.25, 0.3) is 0 Å². The van der Waals surface area contributed by atoms with Gasteiger partial charge in [-0.2, -0.15) is 0 Å². The molecule has 0 atom stereocenters. The van der Waals surface area contributed by atoms with Crippen LogP contribution in [0.5, 0.6) is 5.75 Å². The summed E-state index contributed by atoms with van der Waals surface area (Å²) in [6.07, 6.45) is 18.6. The van der Waals surface area contributed by atoms with Gasteiger partial charge in [-0.25, -0.2) is 0 Å². The lowest BCUT2D eigenvalue weighted by Gasteiger charge is -2.23. The van der Waals surface area contributed by atoms with Crippen molar-refractivity contribution in [3.63, 3.8) is 0 Å². The number of hydrogen-bond donors (Lipinski definition) is 0. The van der Waals surface area contributed by atoms with Crippen molar-refractivity contribution in [2.24, 2.45) is 0 Å². The van der Waals surface area contributed by atoms with Crippen LogP contribution in [-0.2, 0) is 17.9 Å². The molecule has 6 heteroatoms. The van der Waals surface area contributed by atoms with Crippen molar-refractivity contribution in [2.45, 2.75) is 117 Å². The maximum Gasteiger partial charge on any atom is 0.227 e. The first-order valence-electron chi connectivity index (χ1n) is 15.9. The number of benzene rings is 2. The molecule has 0 radical (unpaired) electrons. The summed E-state index contributed by atoms with van der Waals surface area (Å²) in [5, 5.41) is 0.604. The molecule has 4 nitrogen and oxygen atoms in total. The number of carbonyl (C=O) groups excluding carboxylic acids is 1. The van der Waals surface area contributed by atoms with Crippen LogP contribution >= 0.6 is 23.4 Å². The Kier molecular flexibility index (Phi) is 15.6. The number of unbranched alkanes of at least 4 members (excludes halogenated alkanes) is 11. The fourth-order valence-electron chi connectivity index (χ4n) is 5.21. The topological polar surface area (TPSA) is 32.8 Å². The molecule has 0 saturated heterocycles. The molecular formula is C35H51ClN2O2S. The number of thioether (sulfide) groups is 1. The number of allylic oxidation sites excluding steroid dienone is 1. The van der Waals surface area contributed by atoms with Crippen LogP contribution in [0.4, 0.5) is 5.69 Å². The average molecular weight is 599 g/mol. The van der Waals surface area contributed by atoms with Gasteiger partial charge in [0, 0.05) is 24.9 Å². The molecule has 0 unspecified atom stereocenters. The van der Waals surface area contributed by atoms with E-state index in [9.17, 15) is 4.79 Å². The number of carbonyl (C=O) groups is 1. The number of hydrogen-bond acceptors (Lipinski definition) is 4. The quantitative estimate of drug-likeness (QED) is 0.142. The summed E-state index contributed by atoms with van der Waals surface area (Å²) in [4.78, 5) is 18.4. The molecule has 1 heterocycles. The van der Waals surface area contributed by atoms with Gasteiger partial charge in [0.1, 0.15) is 5.75 Å². The van der Waals surface area contributed by atoms with Gasteiger partial charge in [-0.1, -0.05) is 114 Å². The Labute approximate surface area is 258 Å². The minimum absolute atomic E-state index is 0.0932. The maximum atomic E-state index is 12.9. The Morgan fingerprint density at radius 2 is 1.49 bits per heavy atom. The first-order chi connectivity index (χ1) is 20.0. The van der Waals surface area contributed by atoms with Crippen molar-refractivity contribution in [1.82, 2.24) is 4.90 Å². The highest BCUT2D eigenvalue weighted by molar-refractivity contribution is 8.03. The predicted molar refractivity (Wildman–Crippen MR) is 178 cm³/mol. The normalized spacial score (nSPS) is 13.0. The smallest absolute Gasteiger partial charge is 0.227 e. The number of anilines is 1. The molecule has 0 aliphatic carbocycles. The van der Waals surface area contributed by atoms with E-state index < -0.39 is 0 Å². The van der Waals surface area contributed by atoms with Crippen LogP contribution in [0.3, 0.4) is 0 Å². The highest BCUT2D eigenvalue weighted by Crippen LogP contribution is 2.29. The van der Waals surface area contributed by atoms with Gasteiger partial charge in [-0.15, -0.1) is 11.8 Å². The third-order valence-corrected chi connectivity index (χ3v) is 8.97. The highest BCUT2D eigenvalue weighted by Gasteiger charge is 2.16. The molecule has 1 aliphatic heterocycles. The molecule has 226 valence electrons. The van der Waals surface area contributed by atoms with Crippen molar-refractivity contribution in [3.8, 4) is 5.75 Å². The zero-order valence-corrected chi connectivity index (χ0v) is 27.2. The lowest BCUT2D eigenvalue weighted by molar-refractivity contribution is -0.118. The Balaban J connectivity index is 1.39. The summed E-state index contributed by atoms with van der Waals surface area (Å²) in [6.45, 7) is 8.37. The van der Waals surface area contributed by atoms with Crippen LogP contribution in [0, 0.1) is 0 Å². The van der Waals surface area contributed by atoms with E-state index in [1.807, 2.05) is 41.8 Å². The summed E-state index contributed by atoms with van der Waals surface area (Å²) in [5.41, 5.74) is 3.14. The van der Waals surface area contributed by atoms with Crippen LogP contribution < -0.4 is 9.64 Å². The van der Waals surface area contributed by atoms with E-state index in [0.717, 1.165) is 35.8 Å². The Morgan fingerprint density at radius 1 is 0.878 bits per heavy atom. The molecule has 2 aromatic rings. The molecule has 0 aromatic heterocycles. The number of rotatable bonds is 20. The van der Waals surface area contributed by atoms with Crippen LogP contribution in [-0.4, -0.2) is 23.3 Å². The van der Waals surface area contributed by atoms with E-state index in [4.69, 9.17) is 16.3 Å². The maximum absolute atomic E-state index is 12.9. The second-order valence-corrected chi connectivity index (χ2v) is 12.9. The summed E-state index contributed by atoms with van der Waals surface area (Å²) in [7, 11) is 0. The van der Waals surface area contributed by atoms with E-state index in [1.54, 1.807) is 0 Å². The molecule has 0 spiro atoms. The lowest BCUT2D eigenvalue weighted by atomic mass is 10.1. The molecular weight excluding hydrogens is 548 g/mol. The molecule has 0 bridgehead atoms. The molecule has 0 saturated carbocycles. The molecule has 2 aromatic carbocycles. The number of halogens is 1. The molecule has 0 N–H and O–H groups in total. The molecule has 1 aliphatic rings. The first kappa shape index (κ1) is 33.4. The number of ether oxygens (including phenoxy) is 1.